The molecule has 1 fully saturated rings. The summed E-state index contributed by atoms with van der Waals surface area (Å²) in [5, 5.41) is 25.1. The second-order valence-electron chi connectivity index (χ2n) is 7.87. The molecule has 13 heteroatoms. The Morgan fingerprint density at radius 2 is 2.08 bits per heavy atom. The number of amides is 2. The predicted octanol–water partition coefficient (Wildman–Crippen LogP) is 2.91. The fourth-order valence-electron chi connectivity index (χ4n) is 3.94. The summed E-state index contributed by atoms with van der Waals surface area (Å²) in [6.45, 7) is 0.168. The van der Waals surface area contributed by atoms with Crippen LogP contribution < -0.4 is 20.3 Å². The van der Waals surface area contributed by atoms with E-state index in [0.29, 0.717) is 17.6 Å². The molecule has 2 amide bonds. The maximum Gasteiger partial charge on any atom is 0.413 e. The number of aromatic nitrogens is 3. The van der Waals surface area contributed by atoms with Gasteiger partial charge in [-0.1, -0.05) is 6.07 Å². The molecule has 3 heterocycles. The van der Waals surface area contributed by atoms with Gasteiger partial charge in [0.1, 0.15) is 21.9 Å². The highest BCUT2D eigenvalue weighted by Gasteiger charge is 2.35. The van der Waals surface area contributed by atoms with Crippen molar-refractivity contribution in [1.82, 2.24) is 20.3 Å². The molecule has 2 aromatic heterocycles. The number of carboxylic acid groups (broad SMARTS) is 1. The largest absolute Gasteiger partial charge is 0.496 e. The number of ether oxygens (including phenoxy) is 1. The first-order valence-corrected chi connectivity index (χ1v) is 11.6. The van der Waals surface area contributed by atoms with Crippen molar-refractivity contribution >= 4 is 39.4 Å². The predicted molar refractivity (Wildman–Crippen MR) is 132 cm³/mol. The van der Waals surface area contributed by atoms with Gasteiger partial charge in [0.15, 0.2) is 11.6 Å². The molecule has 0 unspecified atom stereocenters. The number of pyridine rings is 1. The lowest BCUT2D eigenvalue weighted by molar-refractivity contribution is 0.102. The van der Waals surface area contributed by atoms with E-state index >= 15 is 0 Å². The quantitative estimate of drug-likeness (QED) is 0.320. The lowest BCUT2D eigenvalue weighted by Gasteiger charge is -2.26. The first-order valence-electron chi connectivity index (χ1n) is 10.8. The second kappa shape index (κ2) is 10.9. The number of rotatable bonds is 7. The molecule has 4 rings (SSSR count). The Bertz CT molecular complexity index is 1300. The van der Waals surface area contributed by atoms with Gasteiger partial charge in [-0.15, -0.1) is 0 Å². The van der Waals surface area contributed by atoms with Crippen molar-refractivity contribution in [2.24, 2.45) is 0 Å². The van der Waals surface area contributed by atoms with Crippen molar-refractivity contribution in [3.05, 3.63) is 58.7 Å². The van der Waals surface area contributed by atoms with E-state index in [-0.39, 0.29) is 47.0 Å². The molecule has 0 bridgehead atoms. The molecule has 0 aliphatic carbocycles. The van der Waals surface area contributed by atoms with Gasteiger partial charge in [-0.25, -0.2) is 24.1 Å². The van der Waals surface area contributed by atoms with Gasteiger partial charge in [0.25, 0.3) is 5.91 Å². The van der Waals surface area contributed by atoms with E-state index in [9.17, 15) is 24.2 Å². The molecule has 1 aromatic carbocycles. The van der Waals surface area contributed by atoms with Crippen LogP contribution in [0, 0.1) is 5.82 Å². The van der Waals surface area contributed by atoms with E-state index in [4.69, 9.17) is 4.74 Å². The Labute approximate surface area is 213 Å². The van der Waals surface area contributed by atoms with Gasteiger partial charge in [0.2, 0.25) is 0 Å². The number of aliphatic hydroxyl groups is 1. The zero-order chi connectivity index (χ0) is 25.8. The standard InChI is InChI=1S/C23H22BrFN6O5/c1-36-17-4-2-3-14(25)19(17)20-26-8-7-16(28-20)22(33)29-15-5-6-18(24)30-21(15)31(23(34)35)13-9-12(11-32)27-10-13/h2-8,12-13,27,32H,9-11H2,1H3,(H,29,33)(H,34,35)/t12-,13-/m0/s1. The van der Waals surface area contributed by atoms with Crippen LogP contribution in [0.3, 0.4) is 0 Å². The molecule has 1 saturated heterocycles. The Balaban J connectivity index is 1.66. The van der Waals surface area contributed by atoms with Crippen molar-refractivity contribution in [1.29, 1.82) is 0 Å². The lowest BCUT2D eigenvalue weighted by Crippen LogP contribution is -2.42. The minimum absolute atomic E-state index is 0.000618. The number of carbonyl (C=O) groups is 2. The Hall–Kier alpha value is -3.68. The van der Waals surface area contributed by atoms with Crippen LogP contribution in [0.5, 0.6) is 5.75 Å². The van der Waals surface area contributed by atoms with E-state index < -0.39 is 23.9 Å². The molecule has 3 aromatic rings. The number of nitrogens with one attached hydrogen (secondary N) is 2. The second-order valence-corrected chi connectivity index (χ2v) is 8.68. The van der Waals surface area contributed by atoms with Crippen molar-refractivity contribution < 1.29 is 28.9 Å². The third-order valence-electron chi connectivity index (χ3n) is 5.62. The maximum atomic E-state index is 14.5. The fourth-order valence-corrected chi connectivity index (χ4v) is 4.24. The smallest absolute Gasteiger partial charge is 0.413 e. The van der Waals surface area contributed by atoms with Crippen molar-refractivity contribution in [2.75, 3.05) is 30.5 Å². The summed E-state index contributed by atoms with van der Waals surface area (Å²) >= 11 is 3.25. The highest BCUT2D eigenvalue weighted by atomic mass is 79.9. The van der Waals surface area contributed by atoms with Crippen molar-refractivity contribution in [3.63, 3.8) is 0 Å². The van der Waals surface area contributed by atoms with E-state index in [0.717, 1.165) is 4.90 Å². The molecule has 2 atom stereocenters. The average Bonchev–Trinajstić information content (AvgIpc) is 3.34. The number of hydrogen-bond donors (Lipinski definition) is 4. The summed E-state index contributed by atoms with van der Waals surface area (Å²) in [5.41, 5.74) is 0.0514. The van der Waals surface area contributed by atoms with E-state index in [2.05, 4.69) is 41.5 Å². The van der Waals surface area contributed by atoms with Gasteiger partial charge < -0.3 is 25.6 Å². The Morgan fingerprint density at radius 3 is 2.78 bits per heavy atom. The fraction of sp³-hybridized carbons (Fsp3) is 0.261. The number of anilines is 2. The third kappa shape index (κ3) is 5.27. The van der Waals surface area contributed by atoms with Gasteiger partial charge in [-0.2, -0.15) is 0 Å². The Morgan fingerprint density at radius 1 is 1.28 bits per heavy atom. The SMILES string of the molecule is COc1cccc(F)c1-c1nccc(C(=O)Nc2ccc(Br)nc2N(C(=O)O)[C@@H]2CN[C@H](CO)C2)n1. The molecular weight excluding hydrogens is 539 g/mol. The summed E-state index contributed by atoms with van der Waals surface area (Å²) in [4.78, 5) is 38.9. The maximum absolute atomic E-state index is 14.5. The van der Waals surface area contributed by atoms with Crippen LogP contribution in [0.2, 0.25) is 0 Å². The van der Waals surface area contributed by atoms with Crippen LogP contribution in [-0.2, 0) is 0 Å². The number of methoxy groups -OCH3 is 1. The Kier molecular flexibility index (Phi) is 7.72. The molecule has 11 nitrogen and oxygen atoms in total. The topological polar surface area (TPSA) is 150 Å². The summed E-state index contributed by atoms with van der Waals surface area (Å²) < 4.78 is 20.1. The van der Waals surface area contributed by atoms with E-state index in [1.165, 1.54) is 37.6 Å². The lowest BCUT2D eigenvalue weighted by atomic mass is 10.1. The summed E-state index contributed by atoms with van der Waals surface area (Å²) in [7, 11) is 1.38. The van der Waals surface area contributed by atoms with Crippen LogP contribution in [0.25, 0.3) is 11.4 Å². The molecular formula is C23H22BrFN6O5. The number of carbonyl (C=O) groups excluding carboxylic acids is 1. The number of hydrogen-bond acceptors (Lipinski definition) is 8. The zero-order valence-electron chi connectivity index (χ0n) is 19.0. The first-order chi connectivity index (χ1) is 17.3. The highest BCUT2D eigenvalue weighted by molar-refractivity contribution is 9.10. The van der Waals surface area contributed by atoms with E-state index in [1.807, 2.05) is 0 Å². The molecule has 1 aliphatic rings. The number of aliphatic hydroxyl groups excluding tert-OH is 1. The normalized spacial score (nSPS) is 17.0. The molecule has 1 aliphatic heterocycles. The highest BCUT2D eigenvalue weighted by Crippen LogP contribution is 2.32. The van der Waals surface area contributed by atoms with Crippen LogP contribution in [0.4, 0.5) is 20.7 Å². The number of benzene rings is 1. The summed E-state index contributed by atoms with van der Waals surface area (Å²) in [5.74, 6) is -1.14. The average molecular weight is 561 g/mol. The minimum atomic E-state index is -1.27. The first kappa shape index (κ1) is 25.4. The molecule has 4 N–H and O–H groups in total. The molecule has 188 valence electrons. The van der Waals surface area contributed by atoms with Crippen molar-refractivity contribution in [3.8, 4) is 17.1 Å². The van der Waals surface area contributed by atoms with Crippen LogP contribution in [0.15, 0.2) is 47.2 Å². The number of halogens is 2. The van der Waals surface area contributed by atoms with Crippen LogP contribution in [0.1, 0.15) is 16.9 Å². The van der Waals surface area contributed by atoms with E-state index in [1.54, 1.807) is 12.1 Å². The molecule has 36 heavy (non-hydrogen) atoms. The van der Waals surface area contributed by atoms with Gasteiger partial charge in [0, 0.05) is 18.8 Å². The number of nitrogens with zero attached hydrogens (tertiary/aromatic N) is 4. The molecule has 0 saturated carbocycles. The zero-order valence-corrected chi connectivity index (χ0v) is 20.6. The van der Waals surface area contributed by atoms with Crippen LogP contribution in [-0.4, -0.2) is 69.5 Å². The molecule has 0 spiro atoms. The van der Waals surface area contributed by atoms with Crippen molar-refractivity contribution in [2.45, 2.75) is 18.5 Å². The molecule has 0 radical (unpaired) electrons. The monoisotopic (exact) mass is 560 g/mol. The summed E-state index contributed by atoms with van der Waals surface area (Å²) in [6.07, 6.45) is 0.411. The van der Waals surface area contributed by atoms with Gasteiger partial charge in [-0.05, 0) is 52.7 Å². The van der Waals surface area contributed by atoms with Gasteiger partial charge >= 0.3 is 6.09 Å². The van der Waals surface area contributed by atoms with Crippen LogP contribution >= 0.6 is 15.9 Å². The van der Waals surface area contributed by atoms with Gasteiger partial charge in [0.05, 0.1) is 31.0 Å². The van der Waals surface area contributed by atoms with Gasteiger partial charge in [-0.3, -0.25) is 9.69 Å². The summed E-state index contributed by atoms with van der Waals surface area (Å²) in [6, 6.07) is 7.90. The minimum Gasteiger partial charge on any atom is -0.496 e. The third-order valence-corrected chi connectivity index (χ3v) is 6.06.